The van der Waals surface area contributed by atoms with Gasteiger partial charge in [0.25, 0.3) is 0 Å². The summed E-state index contributed by atoms with van der Waals surface area (Å²) in [4.78, 5) is 2.65. The molecule has 1 saturated carbocycles. The first-order chi connectivity index (χ1) is 9.18. The Bertz CT molecular complexity index is 280. The average Bonchev–Trinajstić information content (AvgIpc) is 2.36. The second kappa shape index (κ2) is 7.26. The van der Waals surface area contributed by atoms with Crippen molar-refractivity contribution in [1.29, 1.82) is 0 Å². The van der Waals surface area contributed by atoms with Crippen molar-refractivity contribution in [2.24, 2.45) is 17.3 Å². The van der Waals surface area contributed by atoms with Crippen LogP contribution in [0.25, 0.3) is 0 Å². The van der Waals surface area contributed by atoms with E-state index in [9.17, 15) is 0 Å². The third-order valence-electron chi connectivity index (χ3n) is 5.65. The topological polar surface area (TPSA) is 15.3 Å². The largest absolute Gasteiger partial charge is 0.313 e. The Morgan fingerprint density at radius 3 is 2.20 bits per heavy atom. The number of rotatable bonds is 5. The van der Waals surface area contributed by atoms with Crippen LogP contribution in [0.2, 0.25) is 0 Å². The maximum atomic E-state index is 3.74. The predicted octanol–water partition coefficient (Wildman–Crippen LogP) is 4.16. The highest BCUT2D eigenvalue weighted by Gasteiger charge is 2.37. The molecule has 0 aromatic rings. The second-order valence-electron chi connectivity index (χ2n) is 8.26. The van der Waals surface area contributed by atoms with Gasteiger partial charge in [0.1, 0.15) is 0 Å². The van der Waals surface area contributed by atoms with Gasteiger partial charge in [-0.1, -0.05) is 41.5 Å². The summed E-state index contributed by atoms with van der Waals surface area (Å²) in [6, 6.07) is 1.97. The van der Waals surface area contributed by atoms with E-state index >= 15 is 0 Å². The van der Waals surface area contributed by atoms with E-state index in [4.69, 9.17) is 0 Å². The van der Waals surface area contributed by atoms with Crippen molar-refractivity contribution in [2.45, 2.75) is 85.9 Å². The van der Waals surface area contributed by atoms with Gasteiger partial charge in [0.15, 0.2) is 0 Å². The molecule has 0 amide bonds. The summed E-state index contributed by atoms with van der Waals surface area (Å²) in [5.41, 5.74) is 0.344. The lowest BCUT2D eigenvalue weighted by molar-refractivity contribution is 0.0375. The van der Waals surface area contributed by atoms with Crippen LogP contribution in [0.3, 0.4) is 0 Å². The lowest BCUT2D eigenvalue weighted by Crippen LogP contribution is -2.56. The van der Waals surface area contributed by atoms with Crippen LogP contribution in [0.4, 0.5) is 0 Å². The minimum atomic E-state index is 0.344. The maximum Gasteiger partial charge on any atom is 0.0252 e. The number of nitrogens with one attached hydrogen (secondary N) is 1. The highest BCUT2D eigenvalue weighted by atomic mass is 15.2. The molecule has 0 aliphatic heterocycles. The molecular formula is C18H38N2. The van der Waals surface area contributed by atoms with E-state index in [1.165, 1.54) is 19.3 Å². The molecular weight excluding hydrogens is 244 g/mol. The van der Waals surface area contributed by atoms with Crippen LogP contribution in [0.5, 0.6) is 0 Å². The van der Waals surface area contributed by atoms with E-state index in [-0.39, 0.29) is 0 Å². The molecule has 20 heavy (non-hydrogen) atoms. The fourth-order valence-electron chi connectivity index (χ4n) is 3.63. The zero-order chi connectivity index (χ0) is 15.5. The number of hydrogen-bond donors (Lipinski definition) is 1. The maximum absolute atomic E-state index is 3.74. The van der Waals surface area contributed by atoms with Gasteiger partial charge in [0.05, 0.1) is 0 Å². The third-order valence-corrected chi connectivity index (χ3v) is 5.65. The normalized spacial score (nSPS) is 30.0. The van der Waals surface area contributed by atoms with Crippen molar-refractivity contribution in [3.63, 3.8) is 0 Å². The van der Waals surface area contributed by atoms with Crippen LogP contribution in [-0.4, -0.2) is 36.6 Å². The highest BCUT2D eigenvalue weighted by molar-refractivity contribution is 4.94. The Balaban J connectivity index is 2.82. The van der Waals surface area contributed by atoms with Gasteiger partial charge in [-0.3, -0.25) is 4.90 Å². The molecule has 1 rings (SSSR count). The minimum absolute atomic E-state index is 0.344. The summed E-state index contributed by atoms with van der Waals surface area (Å²) in [6.07, 6.45) is 4.08. The SMILES string of the molecule is CCNC1CCC(C(C)C)CC1N(C)C(C)C(C)(C)C. The average molecular weight is 283 g/mol. The summed E-state index contributed by atoms with van der Waals surface area (Å²) in [7, 11) is 2.34. The standard InChI is InChI=1S/C18H38N2/c1-9-19-16-11-10-15(13(2)3)12-17(16)20(8)14(4)18(5,6)7/h13-17,19H,9-12H2,1-8H3. The van der Waals surface area contributed by atoms with E-state index in [2.05, 4.69) is 65.7 Å². The van der Waals surface area contributed by atoms with E-state index in [1.807, 2.05) is 0 Å². The Hall–Kier alpha value is -0.0800. The Labute approximate surface area is 127 Å². The van der Waals surface area contributed by atoms with Gasteiger partial charge in [-0.05, 0) is 57.0 Å². The van der Waals surface area contributed by atoms with Crippen LogP contribution in [-0.2, 0) is 0 Å². The molecule has 0 radical (unpaired) electrons. The van der Waals surface area contributed by atoms with Crippen molar-refractivity contribution >= 4 is 0 Å². The second-order valence-corrected chi connectivity index (χ2v) is 8.26. The molecule has 1 N–H and O–H groups in total. The third kappa shape index (κ3) is 4.46. The summed E-state index contributed by atoms with van der Waals surface area (Å²) in [5.74, 6) is 1.71. The van der Waals surface area contributed by atoms with Crippen LogP contribution in [0.15, 0.2) is 0 Å². The first kappa shape index (κ1) is 18.0. The predicted molar refractivity (Wildman–Crippen MR) is 90.1 cm³/mol. The smallest absolute Gasteiger partial charge is 0.0252 e. The molecule has 4 atom stereocenters. The lowest BCUT2D eigenvalue weighted by atomic mass is 9.75. The summed E-state index contributed by atoms with van der Waals surface area (Å²) in [6.45, 7) is 17.6. The van der Waals surface area contributed by atoms with Crippen molar-refractivity contribution in [3.8, 4) is 0 Å². The van der Waals surface area contributed by atoms with Crippen LogP contribution in [0.1, 0.15) is 67.7 Å². The van der Waals surface area contributed by atoms with Crippen molar-refractivity contribution in [2.75, 3.05) is 13.6 Å². The molecule has 120 valence electrons. The van der Waals surface area contributed by atoms with Gasteiger partial charge in [-0.2, -0.15) is 0 Å². The molecule has 1 fully saturated rings. The molecule has 0 aromatic heterocycles. The van der Waals surface area contributed by atoms with Crippen LogP contribution < -0.4 is 5.32 Å². The van der Waals surface area contributed by atoms with Gasteiger partial charge in [-0.15, -0.1) is 0 Å². The van der Waals surface area contributed by atoms with E-state index in [0.717, 1.165) is 18.4 Å². The van der Waals surface area contributed by atoms with E-state index in [0.29, 0.717) is 23.5 Å². The minimum Gasteiger partial charge on any atom is -0.313 e. The molecule has 1 aliphatic rings. The zero-order valence-electron chi connectivity index (χ0n) is 15.2. The summed E-state index contributed by atoms with van der Waals surface area (Å²) in [5, 5.41) is 3.74. The Kier molecular flexibility index (Phi) is 6.53. The fraction of sp³-hybridized carbons (Fsp3) is 1.00. The lowest BCUT2D eigenvalue weighted by Gasteiger charge is -2.47. The van der Waals surface area contributed by atoms with E-state index < -0.39 is 0 Å². The number of likely N-dealkylation sites (N-methyl/N-ethyl adjacent to an activating group) is 2. The molecule has 0 bridgehead atoms. The fourth-order valence-corrected chi connectivity index (χ4v) is 3.63. The van der Waals surface area contributed by atoms with Crippen LogP contribution >= 0.6 is 0 Å². The monoisotopic (exact) mass is 282 g/mol. The first-order valence-electron chi connectivity index (χ1n) is 8.63. The molecule has 2 heteroatoms. The molecule has 2 nitrogen and oxygen atoms in total. The van der Waals surface area contributed by atoms with Crippen molar-refractivity contribution in [3.05, 3.63) is 0 Å². The molecule has 1 aliphatic carbocycles. The molecule has 0 aromatic carbocycles. The van der Waals surface area contributed by atoms with Gasteiger partial charge in [0.2, 0.25) is 0 Å². The summed E-state index contributed by atoms with van der Waals surface area (Å²) < 4.78 is 0. The quantitative estimate of drug-likeness (QED) is 0.814. The number of nitrogens with zero attached hydrogens (tertiary/aromatic N) is 1. The number of hydrogen-bond acceptors (Lipinski definition) is 2. The Morgan fingerprint density at radius 2 is 1.75 bits per heavy atom. The first-order valence-corrected chi connectivity index (χ1v) is 8.63. The van der Waals surface area contributed by atoms with E-state index in [1.54, 1.807) is 0 Å². The van der Waals surface area contributed by atoms with Gasteiger partial charge < -0.3 is 5.32 Å². The molecule has 0 saturated heterocycles. The molecule has 0 heterocycles. The highest BCUT2D eigenvalue weighted by Crippen LogP contribution is 2.35. The van der Waals surface area contributed by atoms with Crippen LogP contribution in [0, 0.1) is 17.3 Å². The molecule has 4 unspecified atom stereocenters. The zero-order valence-corrected chi connectivity index (χ0v) is 15.2. The Morgan fingerprint density at radius 1 is 1.15 bits per heavy atom. The van der Waals surface area contributed by atoms with Crippen molar-refractivity contribution < 1.29 is 0 Å². The van der Waals surface area contributed by atoms with Gasteiger partial charge in [0, 0.05) is 18.1 Å². The summed E-state index contributed by atoms with van der Waals surface area (Å²) >= 11 is 0. The van der Waals surface area contributed by atoms with Gasteiger partial charge in [-0.25, -0.2) is 0 Å². The van der Waals surface area contributed by atoms with Gasteiger partial charge >= 0.3 is 0 Å². The molecule has 0 spiro atoms. The van der Waals surface area contributed by atoms with Crippen molar-refractivity contribution in [1.82, 2.24) is 10.2 Å².